The Morgan fingerprint density at radius 3 is 2.88 bits per heavy atom. The van der Waals surface area contributed by atoms with E-state index >= 15 is 0 Å². The van der Waals surface area contributed by atoms with Crippen LogP contribution in [-0.2, 0) is 12.8 Å². The summed E-state index contributed by atoms with van der Waals surface area (Å²) in [4.78, 5) is 17.7. The topological polar surface area (TPSA) is 85.6 Å². The van der Waals surface area contributed by atoms with Gasteiger partial charge < -0.3 is 0 Å². The first-order valence-corrected chi connectivity index (χ1v) is 8.86. The van der Waals surface area contributed by atoms with Crippen molar-refractivity contribution < 1.29 is 4.79 Å². The van der Waals surface area contributed by atoms with E-state index in [1.807, 2.05) is 11.6 Å². The minimum Gasteiger partial charge on any atom is -0.296 e. The summed E-state index contributed by atoms with van der Waals surface area (Å²) in [5, 5.41) is 17.4. The zero-order valence-electron chi connectivity index (χ0n) is 13.8. The number of nitrogens with one attached hydrogen (secondary N) is 1. The van der Waals surface area contributed by atoms with Crippen LogP contribution >= 0.6 is 11.3 Å². The highest BCUT2D eigenvalue weighted by molar-refractivity contribution is 7.15. The second-order valence-corrected chi connectivity index (χ2v) is 7.45. The van der Waals surface area contributed by atoms with Gasteiger partial charge in [0.15, 0.2) is 5.65 Å². The van der Waals surface area contributed by atoms with Gasteiger partial charge in [0.1, 0.15) is 5.01 Å². The molecule has 1 aliphatic rings. The van der Waals surface area contributed by atoms with E-state index in [9.17, 15) is 4.79 Å². The minimum absolute atomic E-state index is 0.153. The van der Waals surface area contributed by atoms with Crippen LogP contribution in [0.3, 0.4) is 0 Å². The number of fused-ring (bicyclic) bond motifs is 2. The average Bonchev–Trinajstić information content (AvgIpc) is 3.23. The number of amides is 1. The lowest BCUT2D eigenvalue weighted by atomic mass is 10.0. The van der Waals surface area contributed by atoms with Crippen LogP contribution in [0.2, 0.25) is 0 Å². The fourth-order valence-electron chi connectivity index (χ4n) is 3.20. The van der Waals surface area contributed by atoms with Crippen molar-refractivity contribution in [3.05, 3.63) is 28.0 Å². The predicted octanol–water partition coefficient (Wildman–Crippen LogP) is 2.91. The molecular formula is C16H18N6OS. The lowest BCUT2D eigenvalue weighted by Crippen LogP contribution is -2.16. The summed E-state index contributed by atoms with van der Waals surface area (Å²) >= 11 is 1.37. The monoisotopic (exact) mass is 342 g/mol. The Bertz CT molecular complexity index is 942. The number of carbonyl (C=O) groups is 1. The molecule has 1 amide bonds. The van der Waals surface area contributed by atoms with Crippen LogP contribution in [0.25, 0.3) is 11.0 Å². The number of rotatable bonds is 3. The molecule has 0 spiro atoms. The van der Waals surface area contributed by atoms with E-state index in [1.165, 1.54) is 11.3 Å². The van der Waals surface area contributed by atoms with Gasteiger partial charge in [-0.15, -0.1) is 10.2 Å². The van der Waals surface area contributed by atoms with Crippen molar-refractivity contribution in [1.82, 2.24) is 25.0 Å². The summed E-state index contributed by atoms with van der Waals surface area (Å²) in [5.74, 6) is -0.153. The van der Waals surface area contributed by atoms with Gasteiger partial charge in [0.2, 0.25) is 5.13 Å². The summed E-state index contributed by atoms with van der Waals surface area (Å²) in [5.41, 5.74) is 3.53. The zero-order valence-corrected chi connectivity index (χ0v) is 14.6. The number of aromatic nitrogens is 5. The fraction of sp³-hybridized carbons (Fsp3) is 0.438. The van der Waals surface area contributed by atoms with Crippen molar-refractivity contribution >= 4 is 33.4 Å². The molecule has 0 saturated heterocycles. The Labute approximate surface area is 143 Å². The number of carbonyl (C=O) groups excluding carboxylic acids is 1. The number of nitrogens with zero attached hydrogens (tertiary/aromatic N) is 5. The van der Waals surface area contributed by atoms with Crippen molar-refractivity contribution in [2.45, 2.75) is 46.1 Å². The summed E-state index contributed by atoms with van der Waals surface area (Å²) in [6.07, 6.45) is 4.57. The van der Waals surface area contributed by atoms with Crippen molar-refractivity contribution in [2.75, 3.05) is 5.32 Å². The predicted molar refractivity (Wildman–Crippen MR) is 92.5 cm³/mol. The van der Waals surface area contributed by atoms with Crippen molar-refractivity contribution in [3.8, 4) is 0 Å². The summed E-state index contributed by atoms with van der Waals surface area (Å²) < 4.78 is 1.87. The Balaban J connectivity index is 1.85. The highest BCUT2D eigenvalue weighted by atomic mass is 32.1. The van der Waals surface area contributed by atoms with Crippen LogP contribution in [0, 0.1) is 6.92 Å². The van der Waals surface area contributed by atoms with Crippen LogP contribution in [0.15, 0.2) is 6.20 Å². The van der Waals surface area contributed by atoms with E-state index in [2.05, 4.69) is 34.5 Å². The van der Waals surface area contributed by atoms with Gasteiger partial charge in [0, 0.05) is 11.7 Å². The third kappa shape index (κ3) is 2.37. The molecule has 0 aliphatic heterocycles. The molecule has 124 valence electrons. The van der Waals surface area contributed by atoms with Crippen LogP contribution < -0.4 is 5.32 Å². The van der Waals surface area contributed by atoms with Crippen LogP contribution in [0.5, 0.6) is 0 Å². The maximum atomic E-state index is 12.9. The van der Waals surface area contributed by atoms with E-state index < -0.39 is 0 Å². The van der Waals surface area contributed by atoms with Gasteiger partial charge in [0.05, 0.1) is 17.1 Å². The molecular weight excluding hydrogens is 324 g/mol. The normalized spacial score (nSPS) is 13.7. The van der Waals surface area contributed by atoms with Gasteiger partial charge in [-0.3, -0.25) is 10.1 Å². The molecule has 0 saturated carbocycles. The number of hydrogen-bond acceptors (Lipinski definition) is 6. The van der Waals surface area contributed by atoms with Crippen LogP contribution in [0.1, 0.15) is 52.9 Å². The first-order chi connectivity index (χ1) is 11.5. The van der Waals surface area contributed by atoms with E-state index in [0.717, 1.165) is 46.6 Å². The summed E-state index contributed by atoms with van der Waals surface area (Å²) in [6.45, 7) is 5.98. The van der Waals surface area contributed by atoms with Crippen LogP contribution in [0.4, 0.5) is 5.13 Å². The number of pyridine rings is 1. The van der Waals surface area contributed by atoms with Crippen molar-refractivity contribution in [1.29, 1.82) is 0 Å². The Kier molecular flexibility index (Phi) is 3.56. The highest BCUT2D eigenvalue weighted by Gasteiger charge is 2.26. The summed E-state index contributed by atoms with van der Waals surface area (Å²) in [6, 6.07) is 0.191. The number of anilines is 1. The van der Waals surface area contributed by atoms with Gasteiger partial charge in [-0.05, 0) is 45.6 Å². The van der Waals surface area contributed by atoms with Crippen molar-refractivity contribution in [2.24, 2.45) is 0 Å². The second-order valence-electron chi connectivity index (χ2n) is 6.27. The average molecular weight is 342 g/mol. The molecule has 3 aromatic heterocycles. The molecule has 7 nitrogen and oxygen atoms in total. The van der Waals surface area contributed by atoms with E-state index in [1.54, 1.807) is 6.20 Å². The van der Waals surface area contributed by atoms with E-state index in [4.69, 9.17) is 4.98 Å². The maximum absolute atomic E-state index is 12.9. The van der Waals surface area contributed by atoms with Gasteiger partial charge in [-0.25, -0.2) is 9.67 Å². The molecule has 8 heteroatoms. The molecule has 3 aromatic rings. The Hall–Kier alpha value is -2.35. The molecule has 0 atom stereocenters. The van der Waals surface area contributed by atoms with E-state index in [-0.39, 0.29) is 11.9 Å². The Morgan fingerprint density at radius 2 is 2.17 bits per heavy atom. The van der Waals surface area contributed by atoms with Gasteiger partial charge >= 0.3 is 0 Å². The zero-order chi connectivity index (χ0) is 16.8. The molecule has 0 aromatic carbocycles. The maximum Gasteiger partial charge on any atom is 0.258 e. The molecule has 24 heavy (non-hydrogen) atoms. The highest BCUT2D eigenvalue weighted by Crippen LogP contribution is 2.31. The lowest BCUT2D eigenvalue weighted by molar-refractivity contribution is 0.102. The van der Waals surface area contributed by atoms with Gasteiger partial charge in [-0.2, -0.15) is 5.10 Å². The third-order valence-electron chi connectivity index (χ3n) is 4.23. The quantitative estimate of drug-likeness (QED) is 0.791. The van der Waals surface area contributed by atoms with Gasteiger partial charge in [0.25, 0.3) is 5.91 Å². The standard InChI is InChI=1S/C16H18N6OS/c1-8(2)22-14-11(7-17-22)13(10-5-4-6-12(10)18-14)15(23)19-16-21-20-9(3)24-16/h7-8H,4-6H2,1-3H3,(H,19,21,23). The molecule has 0 bridgehead atoms. The largest absolute Gasteiger partial charge is 0.296 e. The third-order valence-corrected chi connectivity index (χ3v) is 4.99. The molecule has 1 aliphatic carbocycles. The molecule has 1 N–H and O–H groups in total. The molecule has 0 unspecified atom stereocenters. The van der Waals surface area contributed by atoms with E-state index in [0.29, 0.717) is 10.7 Å². The number of hydrogen-bond donors (Lipinski definition) is 1. The Morgan fingerprint density at radius 1 is 1.33 bits per heavy atom. The lowest BCUT2D eigenvalue weighted by Gasteiger charge is -2.11. The fourth-order valence-corrected chi connectivity index (χ4v) is 3.79. The second kappa shape index (κ2) is 5.62. The smallest absolute Gasteiger partial charge is 0.258 e. The van der Waals surface area contributed by atoms with Crippen LogP contribution in [-0.4, -0.2) is 30.9 Å². The van der Waals surface area contributed by atoms with Crippen molar-refractivity contribution in [3.63, 3.8) is 0 Å². The molecule has 4 rings (SSSR count). The molecule has 0 radical (unpaired) electrons. The SMILES string of the molecule is Cc1nnc(NC(=O)c2c3c(nc4c2cnn4C(C)C)CCC3)s1. The first kappa shape index (κ1) is 15.2. The minimum atomic E-state index is -0.153. The number of aryl methyl sites for hydroxylation is 2. The molecule has 0 fully saturated rings. The first-order valence-electron chi connectivity index (χ1n) is 8.05. The van der Waals surface area contributed by atoms with Gasteiger partial charge in [-0.1, -0.05) is 11.3 Å². The summed E-state index contributed by atoms with van der Waals surface area (Å²) in [7, 11) is 0. The molecule has 3 heterocycles.